The highest BCUT2D eigenvalue weighted by molar-refractivity contribution is 7.89. The molecule has 1 heterocycles. The number of rotatable bonds is 7. The van der Waals surface area contributed by atoms with Crippen molar-refractivity contribution in [1.82, 2.24) is 9.29 Å². The van der Waals surface area contributed by atoms with Gasteiger partial charge in [-0.2, -0.15) is 0 Å². The quantitative estimate of drug-likeness (QED) is 0.695. The Kier molecular flexibility index (Phi) is 4.37. The summed E-state index contributed by atoms with van der Waals surface area (Å²) in [5.74, 6) is 0.128. The minimum atomic E-state index is -3.28. The van der Waals surface area contributed by atoms with Gasteiger partial charge in [0.25, 0.3) is 0 Å². The summed E-state index contributed by atoms with van der Waals surface area (Å²) >= 11 is 0. The fourth-order valence-electron chi connectivity index (χ4n) is 3.67. The number of nitrogens with zero attached hydrogens (tertiary/aromatic N) is 1. The van der Waals surface area contributed by atoms with Gasteiger partial charge in [-0.15, -0.1) is 0 Å². The van der Waals surface area contributed by atoms with E-state index in [-0.39, 0.29) is 11.2 Å². The van der Waals surface area contributed by atoms with Crippen molar-refractivity contribution in [2.45, 2.75) is 24.7 Å². The molecule has 0 aliphatic heterocycles. The minimum Gasteiger partial charge on any atom is -0.350 e. The van der Waals surface area contributed by atoms with Crippen molar-refractivity contribution < 1.29 is 8.42 Å². The fraction of sp³-hybridized carbons (Fsp3) is 0.333. The molecule has 4 nitrogen and oxygen atoms in total. The van der Waals surface area contributed by atoms with Crippen molar-refractivity contribution in [3.8, 4) is 0 Å². The Bertz CT molecular complexity index is 1020. The number of sulfonamides is 1. The number of hydrogen-bond acceptors (Lipinski definition) is 2. The Morgan fingerprint density at radius 1 is 1.04 bits per heavy atom. The maximum absolute atomic E-state index is 12.5. The van der Waals surface area contributed by atoms with Crippen molar-refractivity contribution in [2.24, 2.45) is 7.05 Å². The highest BCUT2D eigenvalue weighted by Crippen LogP contribution is 2.50. The Balaban J connectivity index is 1.46. The summed E-state index contributed by atoms with van der Waals surface area (Å²) in [5, 5.41) is 1.23. The number of fused-ring (bicyclic) bond motifs is 1. The van der Waals surface area contributed by atoms with Crippen LogP contribution in [0.25, 0.3) is 10.9 Å². The smallest absolute Gasteiger partial charge is 0.211 e. The van der Waals surface area contributed by atoms with Crippen LogP contribution < -0.4 is 4.72 Å². The van der Waals surface area contributed by atoms with Gasteiger partial charge in [0.05, 0.1) is 5.75 Å². The van der Waals surface area contributed by atoms with Crippen LogP contribution in [0, 0.1) is 0 Å². The molecule has 26 heavy (non-hydrogen) atoms. The molecule has 3 aromatic rings. The molecule has 2 aromatic carbocycles. The molecule has 0 spiro atoms. The zero-order valence-electron chi connectivity index (χ0n) is 15.0. The molecule has 0 unspecified atom stereocenters. The van der Waals surface area contributed by atoms with E-state index in [1.54, 1.807) is 0 Å². The van der Waals surface area contributed by atoms with Gasteiger partial charge in [0, 0.05) is 36.1 Å². The second-order valence-corrected chi connectivity index (χ2v) is 9.25. The van der Waals surface area contributed by atoms with E-state index in [2.05, 4.69) is 27.6 Å². The van der Waals surface area contributed by atoms with Crippen molar-refractivity contribution >= 4 is 20.9 Å². The molecule has 0 amide bonds. The maximum Gasteiger partial charge on any atom is 0.211 e. The molecule has 0 atom stereocenters. The molecule has 1 fully saturated rings. The summed E-state index contributed by atoms with van der Waals surface area (Å²) in [6, 6.07) is 18.1. The lowest BCUT2D eigenvalue weighted by molar-refractivity contribution is 0.567. The third-order valence-electron chi connectivity index (χ3n) is 5.45. The zero-order chi connectivity index (χ0) is 18.2. The van der Waals surface area contributed by atoms with Crippen LogP contribution in [0.3, 0.4) is 0 Å². The molecule has 1 saturated carbocycles. The van der Waals surface area contributed by atoms with E-state index in [4.69, 9.17) is 0 Å². The third-order valence-corrected chi connectivity index (χ3v) is 6.78. The largest absolute Gasteiger partial charge is 0.350 e. The van der Waals surface area contributed by atoms with Crippen LogP contribution in [0.2, 0.25) is 0 Å². The summed E-state index contributed by atoms with van der Waals surface area (Å²) < 4.78 is 29.9. The predicted molar refractivity (Wildman–Crippen MR) is 106 cm³/mol. The number of aromatic nitrogens is 1. The van der Waals surface area contributed by atoms with Crippen LogP contribution in [-0.2, 0) is 28.9 Å². The molecule has 1 aliphatic carbocycles. The first-order valence-electron chi connectivity index (χ1n) is 9.05. The number of hydrogen-bond donors (Lipinski definition) is 1. The van der Waals surface area contributed by atoms with Gasteiger partial charge in [0.1, 0.15) is 0 Å². The first-order valence-corrected chi connectivity index (χ1v) is 10.7. The third kappa shape index (κ3) is 3.41. The molecule has 136 valence electrons. The van der Waals surface area contributed by atoms with Crippen LogP contribution in [0.4, 0.5) is 0 Å². The molecule has 1 N–H and O–H groups in total. The van der Waals surface area contributed by atoms with Gasteiger partial charge in [0.15, 0.2) is 0 Å². The van der Waals surface area contributed by atoms with Crippen molar-refractivity contribution in [1.29, 1.82) is 0 Å². The van der Waals surface area contributed by atoms with Crippen molar-refractivity contribution in [2.75, 3.05) is 12.3 Å². The first kappa shape index (κ1) is 17.3. The van der Waals surface area contributed by atoms with Crippen molar-refractivity contribution in [3.05, 3.63) is 71.9 Å². The highest BCUT2D eigenvalue weighted by atomic mass is 32.2. The number of aryl methyl sites for hydroxylation is 2. The average molecular weight is 369 g/mol. The molecular formula is C21H24N2O2S. The van der Waals surface area contributed by atoms with Gasteiger partial charge in [-0.1, -0.05) is 48.5 Å². The van der Waals surface area contributed by atoms with E-state index in [0.29, 0.717) is 13.0 Å². The van der Waals surface area contributed by atoms with Crippen LogP contribution in [0.15, 0.2) is 60.8 Å². The summed E-state index contributed by atoms with van der Waals surface area (Å²) in [6.45, 7) is 0.484. The summed E-state index contributed by atoms with van der Waals surface area (Å²) in [5.41, 5.74) is 3.45. The van der Waals surface area contributed by atoms with Gasteiger partial charge in [-0.05, 0) is 36.5 Å². The highest BCUT2D eigenvalue weighted by Gasteiger charge is 2.46. The summed E-state index contributed by atoms with van der Waals surface area (Å²) in [4.78, 5) is 0. The van der Waals surface area contributed by atoms with E-state index in [0.717, 1.165) is 18.4 Å². The van der Waals surface area contributed by atoms with E-state index in [1.165, 1.54) is 16.5 Å². The first-order chi connectivity index (χ1) is 12.5. The molecule has 4 rings (SSSR count). The Labute approximate surface area is 154 Å². The van der Waals surface area contributed by atoms with Crippen LogP contribution >= 0.6 is 0 Å². The van der Waals surface area contributed by atoms with E-state index < -0.39 is 10.0 Å². The molecule has 0 bridgehead atoms. The van der Waals surface area contributed by atoms with E-state index in [1.807, 2.05) is 49.5 Å². The summed E-state index contributed by atoms with van der Waals surface area (Å²) in [7, 11) is -1.24. The number of nitrogens with one attached hydrogen (secondary N) is 1. The average Bonchev–Trinajstić information content (AvgIpc) is 3.38. The standard InChI is InChI=1S/C21H24N2O2S/c1-23-15-19(18-9-5-6-10-20(18)23)21(12-13-21)16-22-26(24,25)14-11-17-7-3-2-4-8-17/h2-10,15,22H,11-14,16H2,1H3. The van der Waals surface area contributed by atoms with Gasteiger partial charge < -0.3 is 4.57 Å². The van der Waals surface area contributed by atoms with Crippen molar-refractivity contribution in [3.63, 3.8) is 0 Å². The second kappa shape index (κ2) is 6.56. The van der Waals surface area contributed by atoms with E-state index >= 15 is 0 Å². The predicted octanol–water partition coefficient (Wildman–Crippen LogP) is 3.37. The van der Waals surface area contributed by atoms with Gasteiger partial charge in [-0.25, -0.2) is 13.1 Å². The zero-order valence-corrected chi connectivity index (χ0v) is 15.8. The topological polar surface area (TPSA) is 51.1 Å². The summed E-state index contributed by atoms with van der Waals surface area (Å²) in [6.07, 6.45) is 4.76. The number of benzene rings is 2. The lowest BCUT2D eigenvalue weighted by Crippen LogP contribution is -2.34. The van der Waals surface area contributed by atoms with Crippen LogP contribution in [0.1, 0.15) is 24.0 Å². The van der Waals surface area contributed by atoms with Gasteiger partial charge >= 0.3 is 0 Å². The molecule has 1 aliphatic rings. The number of para-hydroxylation sites is 1. The molecule has 1 aromatic heterocycles. The second-order valence-electron chi connectivity index (χ2n) is 7.33. The van der Waals surface area contributed by atoms with Crippen LogP contribution in [-0.4, -0.2) is 25.3 Å². The normalized spacial score (nSPS) is 16.0. The Morgan fingerprint density at radius 2 is 1.73 bits per heavy atom. The minimum absolute atomic E-state index is 0.0549. The monoisotopic (exact) mass is 368 g/mol. The lowest BCUT2D eigenvalue weighted by atomic mass is 9.96. The lowest BCUT2D eigenvalue weighted by Gasteiger charge is -2.16. The molecule has 0 radical (unpaired) electrons. The van der Waals surface area contributed by atoms with Crippen LogP contribution in [0.5, 0.6) is 0 Å². The fourth-order valence-corrected chi connectivity index (χ4v) is 4.82. The SMILES string of the molecule is Cn1cc(C2(CNS(=O)(=O)CCc3ccccc3)CC2)c2ccccc21. The molecule has 5 heteroatoms. The Morgan fingerprint density at radius 3 is 2.46 bits per heavy atom. The Hall–Kier alpha value is -2.11. The van der Waals surface area contributed by atoms with Gasteiger partial charge in [0.2, 0.25) is 10.0 Å². The molecular weight excluding hydrogens is 344 g/mol. The van der Waals surface area contributed by atoms with Gasteiger partial charge in [-0.3, -0.25) is 0 Å². The molecule has 0 saturated heterocycles. The van der Waals surface area contributed by atoms with E-state index in [9.17, 15) is 8.42 Å². The maximum atomic E-state index is 12.5.